The first kappa shape index (κ1) is 16.8. The van der Waals surface area contributed by atoms with E-state index in [2.05, 4.69) is 10.2 Å². The molecule has 0 saturated carbocycles. The topological polar surface area (TPSA) is 69.3 Å². The molecule has 3 heterocycles. The van der Waals surface area contributed by atoms with Crippen molar-refractivity contribution in [2.24, 2.45) is 5.92 Å². The van der Waals surface area contributed by atoms with Gasteiger partial charge in [0.15, 0.2) is 0 Å². The van der Waals surface area contributed by atoms with Gasteiger partial charge >= 0.3 is 0 Å². The van der Waals surface area contributed by atoms with E-state index in [1.807, 2.05) is 52.5 Å². The molecule has 2 saturated heterocycles. The summed E-state index contributed by atoms with van der Waals surface area (Å²) in [6.45, 7) is 2.65. The number of nitrogens with zero attached hydrogens (tertiary/aromatic N) is 3. The molecular weight excluding hydrogens is 328 g/mol. The molecule has 136 valence electrons. The lowest BCUT2D eigenvalue weighted by molar-refractivity contribution is -0.136. The van der Waals surface area contributed by atoms with Crippen LogP contribution in [0.5, 0.6) is 0 Å². The molecule has 4 rings (SSSR count). The summed E-state index contributed by atoms with van der Waals surface area (Å²) in [4.78, 5) is 29.0. The Morgan fingerprint density at radius 3 is 2.65 bits per heavy atom. The maximum Gasteiger partial charge on any atom is 0.227 e. The highest BCUT2D eigenvalue weighted by Crippen LogP contribution is 2.29. The van der Waals surface area contributed by atoms with Gasteiger partial charge in [-0.2, -0.15) is 5.10 Å². The fourth-order valence-electron chi connectivity index (χ4n) is 4.07. The quantitative estimate of drug-likeness (QED) is 0.917. The van der Waals surface area contributed by atoms with Gasteiger partial charge in [-0.05, 0) is 29.9 Å². The normalized spacial score (nSPS) is 21.4. The number of rotatable bonds is 4. The third kappa shape index (κ3) is 3.49. The minimum absolute atomic E-state index is 0.0838. The van der Waals surface area contributed by atoms with Crippen LogP contribution in [0.1, 0.15) is 36.3 Å². The van der Waals surface area contributed by atoms with Crippen molar-refractivity contribution in [3.63, 3.8) is 0 Å². The van der Waals surface area contributed by atoms with E-state index in [4.69, 9.17) is 0 Å². The summed E-state index contributed by atoms with van der Waals surface area (Å²) in [6, 6.07) is 9.95. The van der Waals surface area contributed by atoms with E-state index >= 15 is 0 Å². The average molecular weight is 352 g/mol. The average Bonchev–Trinajstić information content (AvgIpc) is 3.33. The first-order valence-electron chi connectivity index (χ1n) is 9.30. The van der Waals surface area contributed by atoms with E-state index in [1.165, 1.54) is 5.56 Å². The number of H-pyrrole nitrogens is 1. The molecule has 1 unspecified atom stereocenters. The van der Waals surface area contributed by atoms with Crippen LogP contribution >= 0.6 is 0 Å². The molecule has 0 bridgehead atoms. The number of hydrogen-bond acceptors (Lipinski definition) is 3. The summed E-state index contributed by atoms with van der Waals surface area (Å²) in [5, 5.41) is 6.88. The molecule has 2 aromatic rings. The first-order valence-corrected chi connectivity index (χ1v) is 9.30. The molecule has 6 heteroatoms. The third-order valence-corrected chi connectivity index (χ3v) is 5.58. The SMILES string of the molecule is O=C1CC(C(=O)N2CCC(c3cn[nH]c3)CC2)CN1Cc1ccccc1. The molecule has 2 fully saturated rings. The van der Waals surface area contributed by atoms with E-state index in [-0.39, 0.29) is 17.7 Å². The number of likely N-dealkylation sites (tertiary alicyclic amines) is 2. The van der Waals surface area contributed by atoms with Gasteiger partial charge in [0.2, 0.25) is 11.8 Å². The van der Waals surface area contributed by atoms with E-state index in [0.717, 1.165) is 31.5 Å². The van der Waals surface area contributed by atoms with Crippen molar-refractivity contribution < 1.29 is 9.59 Å². The van der Waals surface area contributed by atoms with Crippen LogP contribution in [0.4, 0.5) is 0 Å². The molecule has 6 nitrogen and oxygen atoms in total. The van der Waals surface area contributed by atoms with Crippen LogP contribution in [-0.4, -0.2) is 51.4 Å². The zero-order chi connectivity index (χ0) is 17.9. The van der Waals surface area contributed by atoms with Crippen LogP contribution in [0.15, 0.2) is 42.7 Å². The van der Waals surface area contributed by atoms with Crippen molar-refractivity contribution in [3.05, 3.63) is 53.9 Å². The van der Waals surface area contributed by atoms with Crippen molar-refractivity contribution >= 4 is 11.8 Å². The summed E-state index contributed by atoms with van der Waals surface area (Å²) < 4.78 is 0. The highest BCUT2D eigenvalue weighted by Gasteiger charge is 2.37. The van der Waals surface area contributed by atoms with Gasteiger partial charge in [-0.3, -0.25) is 14.7 Å². The zero-order valence-electron chi connectivity index (χ0n) is 14.8. The van der Waals surface area contributed by atoms with Gasteiger partial charge in [0.05, 0.1) is 12.1 Å². The fourth-order valence-corrected chi connectivity index (χ4v) is 4.07. The van der Waals surface area contributed by atoms with Gasteiger partial charge in [-0.15, -0.1) is 0 Å². The highest BCUT2D eigenvalue weighted by atomic mass is 16.2. The standard InChI is InChI=1S/C20H24N4O2/c25-19-10-17(14-24(19)13-15-4-2-1-3-5-15)20(26)23-8-6-16(7-9-23)18-11-21-22-12-18/h1-5,11-12,16-17H,6-10,13-14H2,(H,21,22). The maximum atomic E-state index is 12.9. The van der Waals surface area contributed by atoms with E-state index in [0.29, 0.717) is 25.4 Å². The minimum Gasteiger partial charge on any atom is -0.342 e. The van der Waals surface area contributed by atoms with Crippen molar-refractivity contribution in [1.29, 1.82) is 0 Å². The second-order valence-corrected chi connectivity index (χ2v) is 7.29. The van der Waals surface area contributed by atoms with Crippen LogP contribution in [0.25, 0.3) is 0 Å². The Bertz CT molecular complexity index is 751. The smallest absolute Gasteiger partial charge is 0.227 e. The lowest BCUT2D eigenvalue weighted by Gasteiger charge is -2.33. The van der Waals surface area contributed by atoms with Gasteiger partial charge in [0.25, 0.3) is 0 Å². The largest absolute Gasteiger partial charge is 0.342 e. The van der Waals surface area contributed by atoms with Gasteiger partial charge in [0, 0.05) is 38.8 Å². The molecule has 2 amide bonds. The number of amides is 2. The fraction of sp³-hybridized carbons (Fsp3) is 0.450. The molecule has 26 heavy (non-hydrogen) atoms. The van der Waals surface area contributed by atoms with Gasteiger partial charge < -0.3 is 9.80 Å². The molecule has 0 aliphatic carbocycles. The van der Waals surface area contributed by atoms with Gasteiger partial charge in [-0.1, -0.05) is 30.3 Å². The summed E-state index contributed by atoms with van der Waals surface area (Å²) >= 11 is 0. The number of hydrogen-bond donors (Lipinski definition) is 1. The molecular formula is C20H24N4O2. The van der Waals surface area contributed by atoms with Gasteiger partial charge in [-0.25, -0.2) is 0 Å². The van der Waals surface area contributed by atoms with Crippen molar-refractivity contribution in [3.8, 4) is 0 Å². The molecule has 0 spiro atoms. The molecule has 2 aliphatic heterocycles. The lowest BCUT2D eigenvalue weighted by Crippen LogP contribution is -2.42. The highest BCUT2D eigenvalue weighted by molar-refractivity contribution is 5.89. The Morgan fingerprint density at radius 2 is 1.96 bits per heavy atom. The monoisotopic (exact) mass is 352 g/mol. The lowest BCUT2D eigenvalue weighted by atomic mass is 9.91. The van der Waals surface area contributed by atoms with Crippen LogP contribution in [0.2, 0.25) is 0 Å². The third-order valence-electron chi connectivity index (χ3n) is 5.58. The van der Waals surface area contributed by atoms with E-state index in [9.17, 15) is 9.59 Å². The first-order chi connectivity index (χ1) is 12.7. The Kier molecular flexibility index (Phi) is 4.73. The number of aromatic nitrogens is 2. The molecule has 0 radical (unpaired) electrons. The van der Waals surface area contributed by atoms with E-state index in [1.54, 1.807) is 0 Å². The minimum atomic E-state index is -0.198. The molecule has 1 aromatic heterocycles. The second kappa shape index (κ2) is 7.32. The summed E-state index contributed by atoms with van der Waals surface area (Å²) in [6.07, 6.45) is 6.07. The van der Waals surface area contributed by atoms with E-state index < -0.39 is 0 Å². The Hall–Kier alpha value is -2.63. The number of aromatic amines is 1. The second-order valence-electron chi connectivity index (χ2n) is 7.29. The Balaban J connectivity index is 1.32. The van der Waals surface area contributed by atoms with Crippen molar-refractivity contribution in [2.75, 3.05) is 19.6 Å². The van der Waals surface area contributed by atoms with Crippen LogP contribution in [-0.2, 0) is 16.1 Å². The number of benzene rings is 1. The zero-order valence-corrected chi connectivity index (χ0v) is 14.8. The summed E-state index contributed by atoms with van der Waals surface area (Å²) in [7, 11) is 0. The Morgan fingerprint density at radius 1 is 1.19 bits per heavy atom. The number of carbonyl (C=O) groups is 2. The summed E-state index contributed by atoms with van der Waals surface area (Å²) in [5.41, 5.74) is 2.33. The number of piperidine rings is 1. The van der Waals surface area contributed by atoms with Crippen molar-refractivity contribution in [1.82, 2.24) is 20.0 Å². The predicted octanol–water partition coefficient (Wildman–Crippen LogP) is 2.16. The number of carbonyl (C=O) groups excluding carboxylic acids is 2. The Labute approximate surface area is 153 Å². The number of nitrogens with one attached hydrogen (secondary N) is 1. The van der Waals surface area contributed by atoms with Crippen LogP contribution < -0.4 is 0 Å². The molecule has 2 aliphatic rings. The van der Waals surface area contributed by atoms with Crippen molar-refractivity contribution in [2.45, 2.75) is 31.7 Å². The summed E-state index contributed by atoms with van der Waals surface area (Å²) in [5.74, 6) is 0.495. The predicted molar refractivity (Wildman–Crippen MR) is 97.1 cm³/mol. The molecule has 1 aromatic carbocycles. The maximum absolute atomic E-state index is 12.9. The molecule has 1 atom stereocenters. The van der Waals surface area contributed by atoms with Crippen LogP contribution in [0.3, 0.4) is 0 Å². The van der Waals surface area contributed by atoms with Gasteiger partial charge in [0.1, 0.15) is 0 Å². The molecule has 1 N–H and O–H groups in total. The van der Waals surface area contributed by atoms with Crippen LogP contribution in [0, 0.1) is 5.92 Å².